The van der Waals surface area contributed by atoms with Crippen molar-refractivity contribution in [3.8, 4) is 0 Å². The lowest BCUT2D eigenvalue weighted by Gasteiger charge is -2.10. The average molecular weight is 170 g/mol. The van der Waals surface area contributed by atoms with Gasteiger partial charge in [-0.05, 0) is 46.6 Å². The molecule has 0 aliphatic heterocycles. The summed E-state index contributed by atoms with van der Waals surface area (Å²) in [6.07, 6.45) is 3.47. The maximum Gasteiger partial charge on any atom is 0.0115 e. The van der Waals surface area contributed by atoms with E-state index in [2.05, 4.69) is 26.1 Å². The van der Waals surface area contributed by atoms with Crippen LogP contribution in [0.4, 0.5) is 0 Å². The summed E-state index contributed by atoms with van der Waals surface area (Å²) in [6, 6.07) is 0. The number of nitrogens with one attached hydrogen (secondary N) is 1. The standard InChI is InChI=1S/C10H22N2/c1-4-12-10(9(2)3)7-5-6-8-11/h12H,4-8,11H2,1-3H3. The molecule has 0 atom stereocenters. The lowest BCUT2D eigenvalue weighted by Crippen LogP contribution is -2.13. The van der Waals surface area contributed by atoms with Gasteiger partial charge in [0.15, 0.2) is 0 Å². The van der Waals surface area contributed by atoms with Gasteiger partial charge in [0.05, 0.1) is 0 Å². The lowest BCUT2D eigenvalue weighted by atomic mass is 10.1. The number of rotatable bonds is 6. The highest BCUT2D eigenvalue weighted by Crippen LogP contribution is 2.08. The Morgan fingerprint density at radius 1 is 1.25 bits per heavy atom. The van der Waals surface area contributed by atoms with E-state index >= 15 is 0 Å². The van der Waals surface area contributed by atoms with Gasteiger partial charge >= 0.3 is 0 Å². The summed E-state index contributed by atoms with van der Waals surface area (Å²) >= 11 is 0. The number of hydrogen-bond donors (Lipinski definition) is 2. The zero-order valence-corrected chi connectivity index (χ0v) is 8.61. The van der Waals surface area contributed by atoms with Crippen LogP contribution in [-0.4, -0.2) is 13.1 Å². The van der Waals surface area contributed by atoms with E-state index in [9.17, 15) is 0 Å². The van der Waals surface area contributed by atoms with Crippen molar-refractivity contribution in [2.75, 3.05) is 13.1 Å². The fourth-order valence-electron chi connectivity index (χ4n) is 1.17. The minimum absolute atomic E-state index is 0.808. The van der Waals surface area contributed by atoms with Crippen molar-refractivity contribution < 1.29 is 0 Å². The van der Waals surface area contributed by atoms with Gasteiger partial charge in [-0.3, -0.25) is 0 Å². The fourth-order valence-corrected chi connectivity index (χ4v) is 1.17. The van der Waals surface area contributed by atoms with Crippen LogP contribution in [0.25, 0.3) is 0 Å². The van der Waals surface area contributed by atoms with Gasteiger partial charge in [-0.25, -0.2) is 0 Å². The predicted molar refractivity (Wildman–Crippen MR) is 55.0 cm³/mol. The highest BCUT2D eigenvalue weighted by molar-refractivity contribution is 5.07. The SMILES string of the molecule is CCNC(CCCCN)=C(C)C. The van der Waals surface area contributed by atoms with Crippen LogP contribution in [0, 0.1) is 0 Å². The second kappa shape index (κ2) is 7.17. The molecule has 0 aromatic heterocycles. The zero-order valence-electron chi connectivity index (χ0n) is 8.61. The van der Waals surface area contributed by atoms with Crippen molar-refractivity contribution in [1.82, 2.24) is 5.32 Å². The maximum atomic E-state index is 5.43. The summed E-state index contributed by atoms with van der Waals surface area (Å²) in [6.45, 7) is 8.26. The van der Waals surface area contributed by atoms with Crippen LogP contribution >= 0.6 is 0 Å². The van der Waals surface area contributed by atoms with Gasteiger partial charge in [-0.15, -0.1) is 0 Å². The summed E-state index contributed by atoms with van der Waals surface area (Å²) in [7, 11) is 0. The molecule has 0 heterocycles. The van der Waals surface area contributed by atoms with Crippen LogP contribution in [0.3, 0.4) is 0 Å². The van der Waals surface area contributed by atoms with Crippen molar-refractivity contribution >= 4 is 0 Å². The van der Waals surface area contributed by atoms with Crippen molar-refractivity contribution in [3.05, 3.63) is 11.3 Å². The Bertz CT molecular complexity index is 135. The van der Waals surface area contributed by atoms with Gasteiger partial charge in [-0.1, -0.05) is 5.57 Å². The topological polar surface area (TPSA) is 38.0 Å². The first-order valence-electron chi connectivity index (χ1n) is 4.82. The van der Waals surface area contributed by atoms with Crippen LogP contribution in [0.2, 0.25) is 0 Å². The molecular weight excluding hydrogens is 148 g/mol. The van der Waals surface area contributed by atoms with E-state index in [4.69, 9.17) is 5.73 Å². The molecule has 3 N–H and O–H groups in total. The van der Waals surface area contributed by atoms with Crippen molar-refractivity contribution in [3.63, 3.8) is 0 Å². The molecule has 2 heteroatoms. The molecule has 0 spiro atoms. The van der Waals surface area contributed by atoms with Gasteiger partial charge in [-0.2, -0.15) is 0 Å². The van der Waals surface area contributed by atoms with Crippen LogP contribution < -0.4 is 11.1 Å². The molecule has 2 nitrogen and oxygen atoms in total. The zero-order chi connectivity index (χ0) is 9.40. The Morgan fingerprint density at radius 2 is 1.92 bits per heavy atom. The second-order valence-corrected chi connectivity index (χ2v) is 3.25. The summed E-state index contributed by atoms with van der Waals surface area (Å²) in [4.78, 5) is 0. The minimum Gasteiger partial charge on any atom is -0.389 e. The fraction of sp³-hybridized carbons (Fsp3) is 0.800. The Morgan fingerprint density at radius 3 is 2.33 bits per heavy atom. The molecule has 0 amide bonds. The Balaban J connectivity index is 3.73. The molecule has 0 aliphatic rings. The number of hydrogen-bond acceptors (Lipinski definition) is 2. The first-order valence-corrected chi connectivity index (χ1v) is 4.82. The van der Waals surface area contributed by atoms with Gasteiger partial charge in [0.25, 0.3) is 0 Å². The van der Waals surface area contributed by atoms with E-state index in [0.29, 0.717) is 0 Å². The van der Waals surface area contributed by atoms with E-state index in [-0.39, 0.29) is 0 Å². The Labute approximate surface area is 76.2 Å². The Kier molecular flexibility index (Phi) is 6.87. The Hall–Kier alpha value is -0.500. The van der Waals surface area contributed by atoms with Crippen LogP contribution in [0.5, 0.6) is 0 Å². The smallest absolute Gasteiger partial charge is 0.0115 e. The van der Waals surface area contributed by atoms with Crippen molar-refractivity contribution in [2.24, 2.45) is 5.73 Å². The molecule has 0 aromatic carbocycles. The highest BCUT2D eigenvalue weighted by Gasteiger charge is 1.96. The number of unbranched alkanes of at least 4 members (excludes halogenated alkanes) is 1. The molecule has 0 radical (unpaired) electrons. The molecule has 0 unspecified atom stereocenters. The van der Waals surface area contributed by atoms with Crippen molar-refractivity contribution in [1.29, 1.82) is 0 Å². The van der Waals surface area contributed by atoms with Crippen LogP contribution in [0.1, 0.15) is 40.0 Å². The summed E-state index contributed by atoms with van der Waals surface area (Å²) in [5, 5.41) is 3.38. The predicted octanol–water partition coefficient (Wildman–Crippen LogP) is 2.02. The van der Waals surface area contributed by atoms with Gasteiger partial charge in [0, 0.05) is 12.2 Å². The molecule has 0 bridgehead atoms. The number of allylic oxidation sites excluding steroid dienone is 2. The van der Waals surface area contributed by atoms with E-state index in [0.717, 1.165) is 25.9 Å². The van der Waals surface area contributed by atoms with E-state index in [1.165, 1.54) is 17.7 Å². The molecule has 0 aliphatic carbocycles. The highest BCUT2D eigenvalue weighted by atomic mass is 14.9. The summed E-state index contributed by atoms with van der Waals surface area (Å²) in [5.74, 6) is 0. The largest absolute Gasteiger partial charge is 0.389 e. The molecule has 0 rings (SSSR count). The first-order chi connectivity index (χ1) is 5.72. The monoisotopic (exact) mass is 170 g/mol. The van der Waals surface area contributed by atoms with Crippen molar-refractivity contribution in [2.45, 2.75) is 40.0 Å². The van der Waals surface area contributed by atoms with E-state index < -0.39 is 0 Å². The minimum atomic E-state index is 0.808. The molecule has 0 aromatic rings. The summed E-state index contributed by atoms with van der Waals surface area (Å²) < 4.78 is 0. The molecule has 0 saturated carbocycles. The maximum absolute atomic E-state index is 5.43. The normalized spacial score (nSPS) is 9.67. The van der Waals surface area contributed by atoms with Gasteiger partial charge in [0.1, 0.15) is 0 Å². The molecule has 72 valence electrons. The van der Waals surface area contributed by atoms with Gasteiger partial charge in [0.2, 0.25) is 0 Å². The molecule has 0 fully saturated rings. The first kappa shape index (κ1) is 11.5. The summed E-state index contributed by atoms with van der Waals surface area (Å²) in [5.41, 5.74) is 8.22. The van der Waals surface area contributed by atoms with Crippen LogP contribution in [-0.2, 0) is 0 Å². The third kappa shape index (κ3) is 5.19. The third-order valence-corrected chi connectivity index (χ3v) is 1.87. The lowest BCUT2D eigenvalue weighted by molar-refractivity contribution is 0.684. The quantitative estimate of drug-likeness (QED) is 0.598. The number of nitrogens with two attached hydrogens (primary N) is 1. The van der Waals surface area contributed by atoms with E-state index in [1.807, 2.05) is 0 Å². The van der Waals surface area contributed by atoms with Crippen LogP contribution in [0.15, 0.2) is 11.3 Å². The second-order valence-electron chi connectivity index (χ2n) is 3.25. The molecular formula is C10H22N2. The van der Waals surface area contributed by atoms with Gasteiger partial charge < -0.3 is 11.1 Å². The molecule has 0 saturated heterocycles. The third-order valence-electron chi connectivity index (χ3n) is 1.87. The van der Waals surface area contributed by atoms with E-state index in [1.54, 1.807) is 0 Å². The molecule has 12 heavy (non-hydrogen) atoms. The average Bonchev–Trinajstić information content (AvgIpc) is 2.03.